The number of allylic oxidation sites excluding steroid dienone is 1. The van der Waals surface area contributed by atoms with Crippen LogP contribution in [0, 0.1) is 0 Å². The van der Waals surface area contributed by atoms with Crippen molar-refractivity contribution in [3.05, 3.63) is 23.4 Å². The van der Waals surface area contributed by atoms with E-state index in [1.807, 2.05) is 0 Å². The van der Waals surface area contributed by atoms with E-state index in [0.29, 0.717) is 5.11 Å². The number of hydrogen-bond donors (Lipinski definition) is 1. The molecule has 1 fully saturated rings. The quantitative estimate of drug-likeness (QED) is 0.580. The van der Waals surface area contributed by atoms with E-state index >= 15 is 0 Å². The molecule has 1 N–H and O–H groups in total. The molecular formula is C9H8N2OS. The summed E-state index contributed by atoms with van der Waals surface area (Å²) < 4.78 is 5.52. The predicted octanol–water partition coefficient (Wildman–Crippen LogP) is 0.928. The van der Waals surface area contributed by atoms with Gasteiger partial charge < -0.3 is 10.1 Å². The largest absolute Gasteiger partial charge is 0.369 e. The molecule has 1 atom stereocenters. The standard InChI is InChI=1S/C9H8N2OS/c13-9-10-6-3-5-1-2-12-8(5)4-7(6)11-9/h3-4,8H,1-2H2,(H,11,13). The Hall–Kier alpha value is -1.00. The van der Waals surface area contributed by atoms with E-state index in [2.05, 4.69) is 22.5 Å². The summed E-state index contributed by atoms with van der Waals surface area (Å²) in [6, 6.07) is 0. The maximum atomic E-state index is 5.52. The van der Waals surface area contributed by atoms with Crippen LogP contribution in [0.25, 0.3) is 0 Å². The molecule has 0 spiro atoms. The van der Waals surface area contributed by atoms with Crippen molar-refractivity contribution in [1.29, 1.82) is 0 Å². The van der Waals surface area contributed by atoms with Gasteiger partial charge in [-0.2, -0.15) is 0 Å². The van der Waals surface area contributed by atoms with Crippen molar-refractivity contribution < 1.29 is 4.74 Å². The molecule has 1 saturated heterocycles. The second-order valence-corrected chi connectivity index (χ2v) is 3.65. The number of fused-ring (bicyclic) bond motifs is 2. The Kier molecular flexibility index (Phi) is 1.42. The first-order chi connectivity index (χ1) is 6.33. The lowest BCUT2D eigenvalue weighted by Crippen LogP contribution is -2.20. The summed E-state index contributed by atoms with van der Waals surface area (Å²) in [6.07, 6.45) is 5.31. The number of aliphatic imine (C=N–C) groups is 1. The Labute approximate surface area is 81.2 Å². The minimum atomic E-state index is 0.155. The van der Waals surface area contributed by atoms with Crippen molar-refractivity contribution in [3.63, 3.8) is 0 Å². The van der Waals surface area contributed by atoms with Crippen LogP contribution in [0.4, 0.5) is 0 Å². The molecule has 0 aromatic rings. The van der Waals surface area contributed by atoms with Crippen LogP contribution in [0.5, 0.6) is 0 Å². The SMILES string of the molecule is S=C1N=C2C=C3CCOC3C=C2N1. The second kappa shape index (κ2) is 2.49. The Morgan fingerprint density at radius 2 is 2.54 bits per heavy atom. The second-order valence-electron chi connectivity index (χ2n) is 3.27. The van der Waals surface area contributed by atoms with E-state index < -0.39 is 0 Å². The van der Waals surface area contributed by atoms with E-state index in [4.69, 9.17) is 17.0 Å². The van der Waals surface area contributed by atoms with Gasteiger partial charge in [0.15, 0.2) is 5.11 Å². The van der Waals surface area contributed by atoms with Crippen molar-refractivity contribution in [2.24, 2.45) is 4.99 Å². The van der Waals surface area contributed by atoms with Crippen molar-refractivity contribution in [2.45, 2.75) is 12.5 Å². The zero-order valence-corrected chi connectivity index (χ0v) is 7.73. The van der Waals surface area contributed by atoms with Crippen molar-refractivity contribution in [1.82, 2.24) is 5.32 Å². The van der Waals surface area contributed by atoms with Gasteiger partial charge in [-0.25, -0.2) is 4.99 Å². The van der Waals surface area contributed by atoms with E-state index in [-0.39, 0.29) is 6.10 Å². The monoisotopic (exact) mass is 192 g/mol. The Balaban J connectivity index is 2.06. The molecule has 0 aromatic heterocycles. The summed E-state index contributed by atoms with van der Waals surface area (Å²) in [5, 5.41) is 3.59. The fourth-order valence-corrected chi connectivity index (χ4v) is 2.01. The van der Waals surface area contributed by atoms with Gasteiger partial charge in [-0.3, -0.25) is 0 Å². The molecule has 0 radical (unpaired) electrons. The van der Waals surface area contributed by atoms with Crippen LogP contribution in [0.1, 0.15) is 6.42 Å². The fourth-order valence-electron chi connectivity index (χ4n) is 1.80. The van der Waals surface area contributed by atoms with Gasteiger partial charge in [-0.05, 0) is 36.4 Å². The summed E-state index contributed by atoms with van der Waals surface area (Å²) in [5.74, 6) is 0. The van der Waals surface area contributed by atoms with Gasteiger partial charge in [0.1, 0.15) is 0 Å². The Morgan fingerprint density at radius 3 is 3.46 bits per heavy atom. The van der Waals surface area contributed by atoms with Crippen LogP contribution >= 0.6 is 12.2 Å². The van der Waals surface area contributed by atoms with Crippen molar-refractivity contribution >= 4 is 23.0 Å². The summed E-state index contributed by atoms with van der Waals surface area (Å²) in [5.41, 5.74) is 3.27. The molecule has 0 saturated carbocycles. The maximum Gasteiger partial charge on any atom is 0.197 e. The van der Waals surface area contributed by atoms with Gasteiger partial charge in [0.2, 0.25) is 0 Å². The Bertz CT molecular complexity index is 381. The van der Waals surface area contributed by atoms with E-state index in [9.17, 15) is 0 Å². The normalized spacial score (nSPS) is 30.0. The lowest BCUT2D eigenvalue weighted by Gasteiger charge is -2.13. The molecular weight excluding hydrogens is 184 g/mol. The predicted molar refractivity (Wildman–Crippen MR) is 53.7 cm³/mol. The van der Waals surface area contributed by atoms with Gasteiger partial charge in [-0.1, -0.05) is 0 Å². The van der Waals surface area contributed by atoms with Crippen LogP contribution in [0.3, 0.4) is 0 Å². The molecule has 2 aliphatic heterocycles. The first-order valence-electron chi connectivity index (χ1n) is 4.27. The molecule has 0 bridgehead atoms. The van der Waals surface area contributed by atoms with Gasteiger partial charge in [0.05, 0.1) is 24.1 Å². The molecule has 1 aliphatic carbocycles. The molecule has 3 rings (SSSR count). The first-order valence-corrected chi connectivity index (χ1v) is 4.68. The third kappa shape index (κ3) is 1.06. The van der Waals surface area contributed by atoms with Gasteiger partial charge in [0.25, 0.3) is 0 Å². The highest BCUT2D eigenvalue weighted by molar-refractivity contribution is 7.80. The molecule has 66 valence electrons. The highest BCUT2D eigenvalue weighted by Gasteiger charge is 2.28. The van der Waals surface area contributed by atoms with E-state index in [1.165, 1.54) is 5.57 Å². The lowest BCUT2D eigenvalue weighted by molar-refractivity contribution is 0.155. The summed E-state index contributed by atoms with van der Waals surface area (Å²) in [4.78, 5) is 4.21. The lowest BCUT2D eigenvalue weighted by atomic mass is 9.99. The average Bonchev–Trinajstić information content (AvgIpc) is 2.63. The average molecular weight is 192 g/mol. The number of thiocarbonyl (C=S) groups is 1. The molecule has 3 nitrogen and oxygen atoms in total. The van der Waals surface area contributed by atoms with Crippen molar-refractivity contribution in [2.75, 3.05) is 6.61 Å². The van der Waals surface area contributed by atoms with E-state index in [1.54, 1.807) is 0 Å². The van der Waals surface area contributed by atoms with Gasteiger partial charge in [0, 0.05) is 0 Å². The van der Waals surface area contributed by atoms with Crippen LogP contribution < -0.4 is 5.32 Å². The molecule has 2 heterocycles. The van der Waals surface area contributed by atoms with Gasteiger partial charge >= 0.3 is 0 Å². The molecule has 3 aliphatic rings. The van der Waals surface area contributed by atoms with Crippen LogP contribution in [-0.4, -0.2) is 23.5 Å². The topological polar surface area (TPSA) is 33.6 Å². The molecule has 13 heavy (non-hydrogen) atoms. The number of nitrogens with zero attached hydrogens (tertiary/aromatic N) is 1. The first kappa shape index (κ1) is 7.41. The van der Waals surface area contributed by atoms with Crippen LogP contribution in [0.15, 0.2) is 28.4 Å². The minimum Gasteiger partial charge on any atom is -0.369 e. The highest BCUT2D eigenvalue weighted by Crippen LogP contribution is 2.27. The summed E-state index contributed by atoms with van der Waals surface area (Å²) in [7, 11) is 0. The molecule has 0 aromatic carbocycles. The van der Waals surface area contributed by atoms with Gasteiger partial charge in [-0.15, -0.1) is 0 Å². The summed E-state index contributed by atoms with van der Waals surface area (Å²) >= 11 is 4.96. The minimum absolute atomic E-state index is 0.155. The maximum absolute atomic E-state index is 5.52. The number of nitrogens with one attached hydrogen (secondary N) is 1. The van der Waals surface area contributed by atoms with Crippen LogP contribution in [0.2, 0.25) is 0 Å². The highest BCUT2D eigenvalue weighted by atomic mass is 32.1. The van der Waals surface area contributed by atoms with Crippen LogP contribution in [-0.2, 0) is 4.74 Å². The molecule has 0 amide bonds. The third-order valence-corrected chi connectivity index (χ3v) is 2.63. The number of rotatable bonds is 0. The molecule has 1 unspecified atom stereocenters. The molecule has 4 heteroatoms. The zero-order valence-electron chi connectivity index (χ0n) is 6.91. The number of hydrogen-bond acceptors (Lipinski definition) is 2. The van der Waals surface area contributed by atoms with Crippen molar-refractivity contribution in [3.8, 4) is 0 Å². The summed E-state index contributed by atoms with van der Waals surface area (Å²) in [6.45, 7) is 0.817. The fraction of sp³-hybridized carbons (Fsp3) is 0.333. The number of ether oxygens (including phenoxy) is 1. The smallest absolute Gasteiger partial charge is 0.197 e. The van der Waals surface area contributed by atoms with E-state index in [0.717, 1.165) is 24.4 Å². The Morgan fingerprint density at radius 1 is 1.62 bits per heavy atom. The third-order valence-electron chi connectivity index (χ3n) is 2.43. The zero-order chi connectivity index (χ0) is 8.84.